The molecule has 2 aliphatic heterocycles. The molecule has 12 unspecified atom stereocenters. The van der Waals surface area contributed by atoms with Gasteiger partial charge >= 0.3 is 0 Å². The molecule has 536 valence electrons. The molecule has 14 nitrogen and oxygen atoms in total. The van der Waals surface area contributed by atoms with Crippen LogP contribution in [0.15, 0.2) is 72.9 Å². The number of hydrogen-bond donors (Lipinski definition) is 9. The van der Waals surface area contributed by atoms with Crippen molar-refractivity contribution in [3.63, 3.8) is 0 Å². The second kappa shape index (κ2) is 62.0. The van der Waals surface area contributed by atoms with Gasteiger partial charge in [0.05, 0.1) is 32.0 Å². The van der Waals surface area contributed by atoms with Gasteiger partial charge in [0, 0.05) is 6.42 Å². The lowest BCUT2D eigenvalue weighted by atomic mass is 9.97. The second-order valence-electron chi connectivity index (χ2n) is 26.8. The minimum Gasteiger partial charge on any atom is -0.394 e. The Kier molecular flexibility index (Phi) is 57.6. The number of aliphatic hydroxyl groups excluding tert-OH is 8. The Morgan fingerprint density at radius 1 is 0.402 bits per heavy atom. The van der Waals surface area contributed by atoms with E-state index in [2.05, 4.69) is 92.1 Å². The Hall–Kier alpha value is -2.57. The minimum atomic E-state index is -1.79. The molecule has 0 saturated carbocycles. The molecule has 9 N–H and O–H groups in total. The number of unbranched alkanes of at least 4 members (excludes halogenated alkanes) is 38. The van der Waals surface area contributed by atoms with E-state index < -0.39 is 86.8 Å². The molecule has 0 spiro atoms. The van der Waals surface area contributed by atoms with Crippen LogP contribution in [0.3, 0.4) is 0 Å². The first kappa shape index (κ1) is 85.5. The predicted molar refractivity (Wildman–Crippen MR) is 378 cm³/mol. The summed E-state index contributed by atoms with van der Waals surface area (Å²) in [6.07, 6.45) is 67.8. The molecule has 92 heavy (non-hydrogen) atoms. The molecule has 0 aromatic carbocycles. The third-order valence-corrected chi connectivity index (χ3v) is 18.4. The zero-order valence-electron chi connectivity index (χ0n) is 58.5. The lowest BCUT2D eigenvalue weighted by molar-refractivity contribution is -0.359. The van der Waals surface area contributed by atoms with Crippen LogP contribution in [-0.2, 0) is 23.7 Å². The first-order valence-corrected chi connectivity index (χ1v) is 38.2. The molecule has 2 heterocycles. The Morgan fingerprint density at radius 3 is 1.15 bits per heavy atom. The number of nitrogens with one attached hydrogen (secondary N) is 1. The summed E-state index contributed by atoms with van der Waals surface area (Å²) in [6, 6.07) is -0.837. The number of allylic oxidation sites excluding steroid dienone is 12. The van der Waals surface area contributed by atoms with Crippen molar-refractivity contribution in [2.45, 2.75) is 396 Å². The number of carbonyl (C=O) groups excluding carboxylic acids is 1. The van der Waals surface area contributed by atoms with E-state index in [9.17, 15) is 45.6 Å². The molecule has 14 heteroatoms. The van der Waals surface area contributed by atoms with E-state index in [4.69, 9.17) is 18.9 Å². The summed E-state index contributed by atoms with van der Waals surface area (Å²) < 4.78 is 23.0. The minimum absolute atomic E-state index is 0.210. The van der Waals surface area contributed by atoms with E-state index in [1.54, 1.807) is 0 Å². The molecule has 0 aromatic heterocycles. The van der Waals surface area contributed by atoms with Crippen molar-refractivity contribution in [1.82, 2.24) is 5.32 Å². The molecule has 12 atom stereocenters. The van der Waals surface area contributed by atoms with Crippen molar-refractivity contribution in [3.8, 4) is 0 Å². The Bertz CT molecular complexity index is 1820. The van der Waals surface area contributed by atoms with Crippen molar-refractivity contribution in [2.24, 2.45) is 0 Å². The standard InChI is InChI=1S/C78H141NO13/c1-3-5-7-9-11-13-15-17-19-21-23-25-27-29-31-33-35-37-39-41-43-45-47-49-51-53-55-57-59-61-67(82)66(65-89-77-75(88)73(86)76(69(64-81)91-77)92-78-74(87)72(85)71(84)68(63-80)90-78)79-70(83)62-60-58-56-54-52-50-48-46-44-42-40-38-36-34-32-30-28-26-24-22-20-18-16-14-12-10-8-6-4-2/h6,8,12,14,18,20,24,26,30,32,36,38,66-69,71-78,80-82,84-88H,3-5,7,9-11,13,15-17,19,21-23,25,27-29,31,33-35,37,39-65H2,1-2H3,(H,79,83)/b8-6-,14-12-,20-18-,26-24-,32-30-,38-36-. The molecule has 0 aliphatic carbocycles. The highest BCUT2D eigenvalue weighted by Gasteiger charge is 2.51. The zero-order chi connectivity index (χ0) is 66.6. The van der Waals surface area contributed by atoms with Crippen LogP contribution in [0.25, 0.3) is 0 Å². The first-order chi connectivity index (χ1) is 45.1. The van der Waals surface area contributed by atoms with Crippen molar-refractivity contribution < 1.29 is 64.6 Å². The van der Waals surface area contributed by atoms with Crippen molar-refractivity contribution in [1.29, 1.82) is 0 Å². The van der Waals surface area contributed by atoms with E-state index >= 15 is 0 Å². The van der Waals surface area contributed by atoms with Gasteiger partial charge < -0.3 is 65.1 Å². The first-order valence-electron chi connectivity index (χ1n) is 38.2. The third kappa shape index (κ3) is 45.0. The van der Waals surface area contributed by atoms with Gasteiger partial charge in [-0.1, -0.05) is 324 Å². The third-order valence-electron chi connectivity index (χ3n) is 18.4. The largest absolute Gasteiger partial charge is 0.394 e. The lowest BCUT2D eigenvalue weighted by Gasteiger charge is -2.46. The van der Waals surface area contributed by atoms with Crippen molar-refractivity contribution >= 4 is 5.91 Å². The maximum atomic E-state index is 13.4. The van der Waals surface area contributed by atoms with Crippen LogP contribution in [0.5, 0.6) is 0 Å². The molecule has 0 aromatic rings. The fourth-order valence-electron chi connectivity index (χ4n) is 12.4. The summed E-state index contributed by atoms with van der Waals surface area (Å²) >= 11 is 0. The zero-order valence-corrected chi connectivity index (χ0v) is 58.5. The van der Waals surface area contributed by atoms with Crippen LogP contribution in [0.2, 0.25) is 0 Å². The average Bonchev–Trinajstić information content (AvgIpc) is 0.836. The average molecular weight is 1300 g/mol. The fourth-order valence-corrected chi connectivity index (χ4v) is 12.4. The summed E-state index contributed by atoms with van der Waals surface area (Å²) in [6.45, 7) is 2.79. The molecule has 0 bridgehead atoms. The summed E-state index contributed by atoms with van der Waals surface area (Å²) in [5, 5.41) is 87.8. The van der Waals surface area contributed by atoms with Gasteiger partial charge in [0.2, 0.25) is 5.91 Å². The molecule has 1 amide bonds. The Balaban J connectivity index is 1.64. The van der Waals surface area contributed by atoms with Gasteiger partial charge in [-0.2, -0.15) is 0 Å². The second-order valence-corrected chi connectivity index (χ2v) is 26.8. The van der Waals surface area contributed by atoms with Crippen LogP contribution in [0, 0.1) is 0 Å². The van der Waals surface area contributed by atoms with E-state index in [1.807, 2.05) is 0 Å². The Morgan fingerprint density at radius 2 is 0.750 bits per heavy atom. The Labute approximate surface area is 561 Å². The van der Waals surface area contributed by atoms with Crippen LogP contribution in [0.4, 0.5) is 0 Å². The van der Waals surface area contributed by atoms with E-state index in [1.165, 1.54) is 199 Å². The molecule has 2 rings (SSSR count). The molecule has 0 radical (unpaired) electrons. The van der Waals surface area contributed by atoms with Crippen LogP contribution < -0.4 is 5.32 Å². The highest BCUT2D eigenvalue weighted by atomic mass is 16.7. The number of ether oxygens (including phenoxy) is 4. The summed E-state index contributed by atoms with van der Waals surface area (Å²) in [5.74, 6) is -0.210. The molecule has 2 fully saturated rings. The van der Waals surface area contributed by atoms with Gasteiger partial charge in [0.15, 0.2) is 12.6 Å². The van der Waals surface area contributed by atoms with E-state index in [0.29, 0.717) is 19.3 Å². The monoisotopic (exact) mass is 1300 g/mol. The number of rotatable bonds is 63. The smallest absolute Gasteiger partial charge is 0.220 e. The van der Waals surface area contributed by atoms with E-state index in [-0.39, 0.29) is 12.5 Å². The molecular weight excluding hydrogens is 1160 g/mol. The van der Waals surface area contributed by atoms with E-state index in [0.717, 1.165) is 89.9 Å². The summed E-state index contributed by atoms with van der Waals surface area (Å²) in [7, 11) is 0. The number of hydrogen-bond acceptors (Lipinski definition) is 13. The maximum absolute atomic E-state index is 13.4. The number of aliphatic hydroxyl groups is 8. The predicted octanol–water partition coefficient (Wildman–Crippen LogP) is 16.6. The van der Waals surface area contributed by atoms with Gasteiger partial charge in [0.25, 0.3) is 0 Å². The maximum Gasteiger partial charge on any atom is 0.220 e. The van der Waals surface area contributed by atoms with Crippen LogP contribution in [-0.4, -0.2) is 140 Å². The number of amides is 1. The SMILES string of the molecule is CC/C=C\C/C=C\C/C=C\C/C=C\C/C=C\C/C=C\CCCCCCCCCCCCC(=O)NC(COC1OC(CO)C(OC2OC(CO)C(O)C(O)C2O)C(O)C1O)C(O)CCCCCCCCCCCCCCCCCCCCCCCCCCCCCCC. The van der Waals surface area contributed by atoms with Gasteiger partial charge in [-0.25, -0.2) is 0 Å². The quantitative estimate of drug-likeness (QED) is 0.0204. The number of carbonyl (C=O) groups is 1. The van der Waals surface area contributed by atoms with Gasteiger partial charge in [0.1, 0.15) is 48.8 Å². The van der Waals surface area contributed by atoms with Crippen molar-refractivity contribution in [2.75, 3.05) is 19.8 Å². The summed E-state index contributed by atoms with van der Waals surface area (Å²) in [5.41, 5.74) is 0. The normalized spacial score (nSPS) is 23.1. The van der Waals surface area contributed by atoms with Crippen LogP contribution in [0.1, 0.15) is 322 Å². The molecule has 2 aliphatic rings. The summed E-state index contributed by atoms with van der Waals surface area (Å²) in [4.78, 5) is 13.4. The van der Waals surface area contributed by atoms with Crippen molar-refractivity contribution in [3.05, 3.63) is 72.9 Å². The molecule has 2 saturated heterocycles. The lowest BCUT2D eigenvalue weighted by Crippen LogP contribution is -2.65. The highest BCUT2D eigenvalue weighted by Crippen LogP contribution is 2.30. The van der Waals surface area contributed by atoms with Crippen LogP contribution >= 0.6 is 0 Å². The fraction of sp³-hybridized carbons (Fsp3) is 0.833. The van der Waals surface area contributed by atoms with Gasteiger partial charge in [-0.3, -0.25) is 4.79 Å². The van der Waals surface area contributed by atoms with Gasteiger partial charge in [-0.15, -0.1) is 0 Å². The van der Waals surface area contributed by atoms with Gasteiger partial charge in [-0.05, 0) is 64.2 Å². The highest BCUT2D eigenvalue weighted by molar-refractivity contribution is 5.76. The molecular formula is C78H141NO13. The topological polar surface area (TPSA) is 228 Å².